The van der Waals surface area contributed by atoms with E-state index >= 15 is 0 Å². The number of aromatic nitrogens is 3. The summed E-state index contributed by atoms with van der Waals surface area (Å²) < 4.78 is 7.05. The Morgan fingerprint density at radius 2 is 1.71 bits per heavy atom. The van der Waals surface area contributed by atoms with Crippen molar-refractivity contribution in [2.45, 2.75) is 20.8 Å². The second-order valence-electron chi connectivity index (χ2n) is 8.88. The van der Waals surface area contributed by atoms with Crippen LogP contribution in [0, 0.1) is 20.8 Å². The Hall–Kier alpha value is -4.44. The van der Waals surface area contributed by atoms with Crippen LogP contribution in [0.5, 0.6) is 5.75 Å². The SMILES string of the molecule is COc1cc(C)c(N2C(=O)CS/C2=N\C(=O)Nc2ccc(-c3ncn(-c4ccc(C)cc4)n3)cc2)c(C)c1. The first kappa shape index (κ1) is 25.2. The maximum atomic E-state index is 12.8. The third-order valence-corrected chi connectivity index (χ3v) is 6.99. The Bertz CT molecular complexity index is 1520. The van der Waals surface area contributed by atoms with Crippen molar-refractivity contribution in [1.29, 1.82) is 0 Å². The number of methoxy groups -OCH3 is 1. The van der Waals surface area contributed by atoms with Crippen LogP contribution in [-0.2, 0) is 4.79 Å². The summed E-state index contributed by atoms with van der Waals surface area (Å²) in [4.78, 5) is 35.6. The van der Waals surface area contributed by atoms with Gasteiger partial charge in [0.25, 0.3) is 0 Å². The van der Waals surface area contributed by atoms with Crippen LogP contribution in [0.15, 0.2) is 72.0 Å². The molecule has 38 heavy (non-hydrogen) atoms. The van der Waals surface area contributed by atoms with E-state index in [1.54, 1.807) is 30.3 Å². The van der Waals surface area contributed by atoms with E-state index < -0.39 is 6.03 Å². The molecule has 9 nitrogen and oxygen atoms in total. The fraction of sp³-hybridized carbons (Fsp3) is 0.179. The number of carbonyl (C=O) groups excluding carboxylic acids is 2. The van der Waals surface area contributed by atoms with E-state index in [-0.39, 0.29) is 11.7 Å². The van der Waals surface area contributed by atoms with E-state index in [0.29, 0.717) is 28.1 Å². The number of hydrogen-bond acceptors (Lipinski definition) is 6. The fourth-order valence-corrected chi connectivity index (χ4v) is 5.06. The number of rotatable bonds is 5. The molecule has 0 aliphatic carbocycles. The number of nitrogens with zero attached hydrogens (tertiary/aromatic N) is 5. The van der Waals surface area contributed by atoms with E-state index in [0.717, 1.165) is 22.4 Å². The molecule has 1 aliphatic heterocycles. The van der Waals surface area contributed by atoms with Crippen molar-refractivity contribution < 1.29 is 14.3 Å². The van der Waals surface area contributed by atoms with E-state index in [1.165, 1.54) is 22.2 Å². The summed E-state index contributed by atoms with van der Waals surface area (Å²) in [6.07, 6.45) is 1.67. The zero-order valence-corrected chi connectivity index (χ0v) is 22.2. The number of aryl methyl sites for hydroxylation is 3. The highest BCUT2D eigenvalue weighted by atomic mass is 32.2. The predicted molar refractivity (Wildman–Crippen MR) is 150 cm³/mol. The summed E-state index contributed by atoms with van der Waals surface area (Å²) in [6.45, 7) is 5.84. The van der Waals surface area contributed by atoms with Crippen molar-refractivity contribution >= 4 is 40.2 Å². The molecule has 2 heterocycles. The summed E-state index contributed by atoms with van der Waals surface area (Å²) in [5.41, 5.74) is 5.92. The van der Waals surface area contributed by atoms with Crippen LogP contribution in [0.4, 0.5) is 16.2 Å². The van der Waals surface area contributed by atoms with Crippen LogP contribution in [0.25, 0.3) is 17.1 Å². The highest BCUT2D eigenvalue weighted by molar-refractivity contribution is 8.15. The third kappa shape index (κ3) is 5.16. The van der Waals surface area contributed by atoms with Gasteiger partial charge in [-0.3, -0.25) is 9.69 Å². The number of nitrogens with one attached hydrogen (secondary N) is 1. The van der Waals surface area contributed by atoms with Crippen LogP contribution in [-0.4, -0.2) is 44.7 Å². The second kappa shape index (κ2) is 10.5. The molecule has 1 aliphatic rings. The Morgan fingerprint density at radius 1 is 1.03 bits per heavy atom. The number of benzene rings is 3. The second-order valence-corrected chi connectivity index (χ2v) is 9.82. The molecule has 192 valence electrons. The smallest absolute Gasteiger partial charge is 0.347 e. The summed E-state index contributed by atoms with van der Waals surface area (Å²) in [7, 11) is 1.60. The van der Waals surface area contributed by atoms with Gasteiger partial charge < -0.3 is 10.1 Å². The van der Waals surface area contributed by atoms with Crippen molar-refractivity contribution in [1.82, 2.24) is 14.8 Å². The third-order valence-electron chi connectivity index (χ3n) is 6.07. The molecule has 4 aromatic rings. The van der Waals surface area contributed by atoms with Crippen molar-refractivity contribution in [3.63, 3.8) is 0 Å². The largest absolute Gasteiger partial charge is 0.497 e. The first-order valence-corrected chi connectivity index (χ1v) is 12.9. The molecule has 0 radical (unpaired) electrons. The van der Waals surface area contributed by atoms with Crippen LogP contribution >= 0.6 is 11.8 Å². The van der Waals surface area contributed by atoms with Gasteiger partial charge in [0, 0.05) is 11.3 Å². The van der Waals surface area contributed by atoms with Crippen LogP contribution in [0.2, 0.25) is 0 Å². The Balaban J connectivity index is 1.30. The van der Waals surface area contributed by atoms with Crippen LogP contribution < -0.4 is 15.0 Å². The normalized spacial score (nSPS) is 14.3. The van der Waals surface area contributed by atoms with E-state index in [9.17, 15) is 9.59 Å². The molecule has 1 N–H and O–H groups in total. The average molecular weight is 527 g/mol. The van der Waals surface area contributed by atoms with E-state index in [1.807, 2.05) is 69.3 Å². The predicted octanol–water partition coefficient (Wildman–Crippen LogP) is 5.54. The highest BCUT2D eigenvalue weighted by Crippen LogP contribution is 2.35. The number of carbonyl (C=O) groups is 2. The molecule has 3 aromatic carbocycles. The Morgan fingerprint density at radius 3 is 2.37 bits per heavy atom. The molecule has 0 atom stereocenters. The topological polar surface area (TPSA) is 102 Å². The number of aliphatic imine (C=N–C) groups is 1. The minimum Gasteiger partial charge on any atom is -0.497 e. The molecule has 1 fully saturated rings. The number of amidine groups is 1. The molecule has 3 amide bonds. The lowest BCUT2D eigenvalue weighted by atomic mass is 10.1. The Labute approximate surface area is 224 Å². The lowest BCUT2D eigenvalue weighted by molar-refractivity contribution is -0.115. The quantitative estimate of drug-likeness (QED) is 0.367. The molecular weight excluding hydrogens is 500 g/mol. The maximum absolute atomic E-state index is 12.8. The summed E-state index contributed by atoms with van der Waals surface area (Å²) in [6, 6.07) is 18.4. The standard InChI is InChI=1S/C28H26N6O3S/c1-17-5-11-22(12-6-17)33-16-29-26(32-33)20-7-9-21(10-8-20)30-27(36)31-28-34(24(35)15-38-28)25-18(2)13-23(37-4)14-19(25)3/h5-14,16H,15H2,1-4H3,(H,30,36)/b31-28-. The number of anilines is 2. The number of ether oxygens (including phenoxy) is 1. The maximum Gasteiger partial charge on any atom is 0.347 e. The molecule has 1 saturated heterocycles. The number of hydrogen-bond donors (Lipinski definition) is 1. The highest BCUT2D eigenvalue weighted by Gasteiger charge is 2.32. The number of thioether (sulfide) groups is 1. The Kier molecular flexibility index (Phi) is 6.97. The van der Waals surface area contributed by atoms with Gasteiger partial charge in [0.05, 0.1) is 24.2 Å². The first-order valence-electron chi connectivity index (χ1n) is 11.9. The minimum atomic E-state index is -0.564. The molecule has 5 rings (SSSR count). The fourth-order valence-electron chi connectivity index (χ4n) is 4.21. The zero-order chi connectivity index (χ0) is 26.8. The van der Waals surface area contributed by atoms with Gasteiger partial charge in [0.1, 0.15) is 12.1 Å². The van der Waals surface area contributed by atoms with Gasteiger partial charge >= 0.3 is 6.03 Å². The number of amides is 3. The molecule has 10 heteroatoms. The van der Waals surface area contributed by atoms with Gasteiger partial charge in [0.2, 0.25) is 5.91 Å². The van der Waals surface area contributed by atoms with Gasteiger partial charge in [0.15, 0.2) is 11.0 Å². The van der Waals surface area contributed by atoms with E-state index in [4.69, 9.17) is 4.74 Å². The molecule has 1 aromatic heterocycles. The van der Waals surface area contributed by atoms with Crippen molar-refractivity contribution in [2.75, 3.05) is 23.1 Å². The molecule has 0 saturated carbocycles. The van der Waals surface area contributed by atoms with Crippen molar-refractivity contribution in [3.05, 3.63) is 83.7 Å². The minimum absolute atomic E-state index is 0.125. The van der Waals surface area contributed by atoms with Gasteiger partial charge in [-0.25, -0.2) is 14.5 Å². The van der Waals surface area contributed by atoms with Gasteiger partial charge in [-0.15, -0.1) is 5.10 Å². The summed E-state index contributed by atoms with van der Waals surface area (Å²) >= 11 is 1.24. The number of urea groups is 1. The van der Waals surface area contributed by atoms with E-state index in [2.05, 4.69) is 20.4 Å². The molecule has 0 bridgehead atoms. The van der Waals surface area contributed by atoms with Crippen LogP contribution in [0.3, 0.4) is 0 Å². The molecule has 0 spiro atoms. The summed E-state index contributed by atoms with van der Waals surface area (Å²) in [5.74, 6) is 1.37. The van der Waals surface area contributed by atoms with Crippen molar-refractivity contribution in [2.24, 2.45) is 4.99 Å². The molecular formula is C28H26N6O3S. The van der Waals surface area contributed by atoms with Crippen molar-refractivity contribution in [3.8, 4) is 22.8 Å². The van der Waals surface area contributed by atoms with Gasteiger partial charge in [-0.2, -0.15) is 4.99 Å². The van der Waals surface area contributed by atoms with Gasteiger partial charge in [-0.1, -0.05) is 29.5 Å². The van der Waals surface area contributed by atoms with Crippen LogP contribution in [0.1, 0.15) is 16.7 Å². The molecule has 0 unspecified atom stereocenters. The lowest BCUT2D eigenvalue weighted by Gasteiger charge is -2.21. The zero-order valence-electron chi connectivity index (χ0n) is 21.4. The summed E-state index contributed by atoms with van der Waals surface area (Å²) in [5, 5.41) is 7.67. The average Bonchev–Trinajstić information content (AvgIpc) is 3.52. The monoisotopic (exact) mass is 526 g/mol. The van der Waals surface area contributed by atoms with Gasteiger partial charge in [-0.05, 0) is 80.4 Å². The lowest BCUT2D eigenvalue weighted by Crippen LogP contribution is -2.31. The first-order chi connectivity index (χ1) is 18.3.